The van der Waals surface area contributed by atoms with Gasteiger partial charge in [0.15, 0.2) is 0 Å². The Kier molecular flexibility index (Phi) is 4.56. The van der Waals surface area contributed by atoms with Gasteiger partial charge in [-0.3, -0.25) is 0 Å². The number of halogens is 1. The molecule has 0 saturated heterocycles. The number of nitrogens with one attached hydrogen (secondary N) is 1. The smallest absolute Gasteiger partial charge is 0.213 e. The Labute approximate surface area is 133 Å². The Morgan fingerprint density at radius 2 is 2.10 bits per heavy atom. The summed E-state index contributed by atoms with van der Waals surface area (Å²) in [7, 11) is 1.65. The lowest BCUT2D eigenvalue weighted by molar-refractivity contribution is 0.288. The van der Waals surface area contributed by atoms with E-state index in [9.17, 15) is 0 Å². The number of nitrogens with zero attached hydrogens (tertiary/aromatic N) is 1. The number of ether oxygens (including phenoxy) is 1. The minimum Gasteiger partial charge on any atom is -0.481 e. The summed E-state index contributed by atoms with van der Waals surface area (Å²) in [6.45, 7) is 0.867. The van der Waals surface area contributed by atoms with Crippen LogP contribution >= 0.6 is 15.9 Å². The number of hydrogen-bond acceptors (Lipinski definition) is 3. The molecule has 1 aromatic heterocycles. The maximum absolute atomic E-state index is 5.15. The van der Waals surface area contributed by atoms with Crippen LogP contribution in [0.1, 0.15) is 29.9 Å². The maximum Gasteiger partial charge on any atom is 0.213 e. The summed E-state index contributed by atoms with van der Waals surface area (Å²) in [5.74, 6) is 1.35. The lowest BCUT2D eigenvalue weighted by atomic mass is 9.76. The van der Waals surface area contributed by atoms with E-state index in [1.54, 1.807) is 13.3 Å². The first-order valence-corrected chi connectivity index (χ1v) is 8.02. The Balaban J connectivity index is 1.50. The van der Waals surface area contributed by atoms with Crippen LogP contribution in [0, 0.1) is 0 Å². The molecule has 0 unspecified atom stereocenters. The summed E-state index contributed by atoms with van der Waals surface area (Å²) in [5, 5.41) is 3.61. The van der Waals surface area contributed by atoms with Crippen molar-refractivity contribution in [3.05, 3.63) is 58.2 Å². The van der Waals surface area contributed by atoms with E-state index in [4.69, 9.17) is 4.74 Å². The third-order valence-corrected chi connectivity index (χ3v) is 4.81. The second-order valence-electron chi connectivity index (χ2n) is 5.47. The molecule has 1 heterocycles. The van der Waals surface area contributed by atoms with Crippen LogP contribution in [-0.4, -0.2) is 18.1 Å². The fraction of sp³-hybridized carbons (Fsp3) is 0.353. The van der Waals surface area contributed by atoms with E-state index in [1.807, 2.05) is 12.1 Å². The van der Waals surface area contributed by atoms with Crippen LogP contribution in [0.4, 0.5) is 0 Å². The first kappa shape index (κ1) is 14.5. The minimum absolute atomic E-state index is 0.598. The first-order valence-electron chi connectivity index (χ1n) is 7.23. The Bertz CT molecular complexity index is 611. The van der Waals surface area contributed by atoms with Crippen molar-refractivity contribution in [1.29, 1.82) is 0 Å². The van der Waals surface area contributed by atoms with E-state index in [1.165, 1.54) is 28.4 Å². The van der Waals surface area contributed by atoms with Crippen LogP contribution < -0.4 is 10.1 Å². The Morgan fingerprint density at radius 3 is 2.86 bits per heavy atom. The number of hydrogen-bond donors (Lipinski definition) is 1. The largest absolute Gasteiger partial charge is 0.481 e. The number of methoxy groups -OCH3 is 1. The molecule has 3 nitrogen and oxygen atoms in total. The average molecular weight is 347 g/mol. The zero-order chi connectivity index (χ0) is 14.7. The SMILES string of the molecule is COc1cc(CNC2CC(c3ccccc3Br)C2)ccn1. The minimum atomic E-state index is 0.598. The van der Waals surface area contributed by atoms with Crippen LogP contribution in [0.2, 0.25) is 0 Å². The van der Waals surface area contributed by atoms with E-state index in [2.05, 4.69) is 50.5 Å². The second-order valence-corrected chi connectivity index (χ2v) is 6.33. The second kappa shape index (κ2) is 6.58. The van der Waals surface area contributed by atoms with Crippen molar-refractivity contribution in [3.63, 3.8) is 0 Å². The molecule has 1 aromatic carbocycles. The topological polar surface area (TPSA) is 34.1 Å². The van der Waals surface area contributed by atoms with Gasteiger partial charge in [-0.1, -0.05) is 34.1 Å². The van der Waals surface area contributed by atoms with Crippen molar-refractivity contribution in [2.24, 2.45) is 0 Å². The lowest BCUT2D eigenvalue weighted by Crippen LogP contribution is -2.39. The molecule has 1 saturated carbocycles. The molecule has 1 N–H and O–H groups in total. The predicted molar refractivity (Wildman–Crippen MR) is 87.5 cm³/mol. The molecule has 0 aliphatic heterocycles. The zero-order valence-corrected chi connectivity index (χ0v) is 13.6. The van der Waals surface area contributed by atoms with Gasteiger partial charge >= 0.3 is 0 Å². The highest BCUT2D eigenvalue weighted by Gasteiger charge is 2.30. The molecule has 110 valence electrons. The summed E-state index contributed by atoms with van der Waals surface area (Å²) < 4.78 is 6.37. The molecule has 0 amide bonds. The third kappa shape index (κ3) is 3.44. The molecule has 0 spiro atoms. The predicted octanol–water partition coefficient (Wildman–Crippen LogP) is 3.89. The molecule has 1 aliphatic carbocycles. The molecule has 0 bridgehead atoms. The van der Waals surface area contributed by atoms with Gasteiger partial charge in [0.2, 0.25) is 5.88 Å². The molecule has 4 heteroatoms. The van der Waals surface area contributed by atoms with Crippen molar-refractivity contribution in [3.8, 4) is 5.88 Å². The normalized spacial score (nSPS) is 20.9. The van der Waals surface area contributed by atoms with Gasteiger partial charge in [0.25, 0.3) is 0 Å². The molecule has 0 atom stereocenters. The highest BCUT2D eigenvalue weighted by atomic mass is 79.9. The molecule has 21 heavy (non-hydrogen) atoms. The van der Waals surface area contributed by atoms with Crippen LogP contribution in [0.15, 0.2) is 47.1 Å². The molecule has 1 fully saturated rings. The molecule has 2 aromatic rings. The summed E-state index contributed by atoms with van der Waals surface area (Å²) in [6.07, 6.45) is 4.19. The summed E-state index contributed by atoms with van der Waals surface area (Å²) in [5.41, 5.74) is 2.65. The van der Waals surface area contributed by atoms with E-state index in [0.29, 0.717) is 17.8 Å². The van der Waals surface area contributed by atoms with E-state index in [-0.39, 0.29) is 0 Å². The van der Waals surface area contributed by atoms with Gasteiger partial charge in [-0.25, -0.2) is 4.98 Å². The van der Waals surface area contributed by atoms with Crippen molar-refractivity contribution in [1.82, 2.24) is 10.3 Å². The van der Waals surface area contributed by atoms with Crippen LogP contribution in [0.5, 0.6) is 5.88 Å². The maximum atomic E-state index is 5.15. The average Bonchev–Trinajstić information content (AvgIpc) is 2.47. The molecule has 1 aliphatic rings. The van der Waals surface area contributed by atoms with Gasteiger partial charge in [-0.05, 0) is 42.0 Å². The Hall–Kier alpha value is -1.39. The van der Waals surface area contributed by atoms with Crippen LogP contribution in [0.3, 0.4) is 0 Å². The highest BCUT2D eigenvalue weighted by Crippen LogP contribution is 2.40. The van der Waals surface area contributed by atoms with E-state index in [0.717, 1.165) is 6.54 Å². The molecular formula is C17H19BrN2O. The summed E-state index contributed by atoms with van der Waals surface area (Å²) in [6, 6.07) is 13.1. The van der Waals surface area contributed by atoms with Crippen LogP contribution in [-0.2, 0) is 6.54 Å². The number of aromatic nitrogens is 1. The quantitative estimate of drug-likeness (QED) is 0.891. The van der Waals surface area contributed by atoms with E-state index < -0.39 is 0 Å². The zero-order valence-electron chi connectivity index (χ0n) is 12.1. The van der Waals surface area contributed by atoms with Gasteiger partial charge in [0.05, 0.1) is 7.11 Å². The van der Waals surface area contributed by atoms with Gasteiger partial charge in [0, 0.05) is 29.3 Å². The van der Waals surface area contributed by atoms with Crippen molar-refractivity contribution in [2.45, 2.75) is 31.3 Å². The van der Waals surface area contributed by atoms with Crippen molar-refractivity contribution >= 4 is 15.9 Å². The number of pyridine rings is 1. The van der Waals surface area contributed by atoms with Gasteiger partial charge in [-0.15, -0.1) is 0 Å². The molecular weight excluding hydrogens is 328 g/mol. The van der Waals surface area contributed by atoms with Crippen molar-refractivity contribution in [2.75, 3.05) is 7.11 Å². The number of rotatable bonds is 5. The summed E-state index contributed by atoms with van der Waals surface area (Å²) >= 11 is 3.64. The highest BCUT2D eigenvalue weighted by molar-refractivity contribution is 9.10. The fourth-order valence-corrected chi connectivity index (χ4v) is 3.39. The van der Waals surface area contributed by atoms with Crippen LogP contribution in [0.25, 0.3) is 0 Å². The van der Waals surface area contributed by atoms with Gasteiger partial charge in [-0.2, -0.15) is 0 Å². The first-order chi connectivity index (χ1) is 10.3. The number of benzene rings is 1. The molecule has 0 radical (unpaired) electrons. The van der Waals surface area contributed by atoms with Gasteiger partial charge < -0.3 is 10.1 Å². The molecule has 3 rings (SSSR count). The Morgan fingerprint density at radius 1 is 1.29 bits per heavy atom. The van der Waals surface area contributed by atoms with Gasteiger partial charge in [0.1, 0.15) is 0 Å². The van der Waals surface area contributed by atoms with Crippen molar-refractivity contribution < 1.29 is 4.74 Å². The van der Waals surface area contributed by atoms with E-state index >= 15 is 0 Å². The fourth-order valence-electron chi connectivity index (χ4n) is 2.78. The standard InChI is InChI=1S/C17H19BrN2O/c1-21-17-8-12(6-7-19-17)11-20-14-9-13(10-14)15-4-2-3-5-16(15)18/h2-8,13-14,20H,9-11H2,1H3. The summed E-state index contributed by atoms with van der Waals surface area (Å²) in [4.78, 5) is 4.13. The third-order valence-electron chi connectivity index (χ3n) is 4.09. The monoisotopic (exact) mass is 346 g/mol. The lowest BCUT2D eigenvalue weighted by Gasteiger charge is -2.37.